The van der Waals surface area contributed by atoms with Crippen LogP contribution >= 0.6 is 0 Å². The van der Waals surface area contributed by atoms with Crippen LogP contribution in [0.5, 0.6) is 5.75 Å². The van der Waals surface area contributed by atoms with Crippen molar-refractivity contribution in [3.63, 3.8) is 0 Å². The minimum atomic E-state index is -0.478. The molecule has 1 amide bonds. The summed E-state index contributed by atoms with van der Waals surface area (Å²) < 4.78 is 18.8. The Kier molecular flexibility index (Phi) is 7.25. The largest absolute Gasteiger partial charge is 0.489 e. The highest BCUT2D eigenvalue weighted by molar-refractivity contribution is 5.92. The first-order valence-electron chi connectivity index (χ1n) is 8.48. The van der Waals surface area contributed by atoms with Gasteiger partial charge in [-0.1, -0.05) is 18.2 Å². The van der Waals surface area contributed by atoms with Crippen molar-refractivity contribution in [1.82, 2.24) is 4.90 Å². The van der Waals surface area contributed by atoms with Gasteiger partial charge in [-0.25, -0.2) is 4.39 Å². The van der Waals surface area contributed by atoms with Gasteiger partial charge in [-0.05, 0) is 32.2 Å². The molecule has 0 atom stereocenters. The Hall–Kier alpha value is -3.00. The highest BCUT2D eigenvalue weighted by atomic mass is 19.1. The molecule has 0 saturated carbocycles. The number of halogens is 1. The third kappa shape index (κ3) is 6.03. The molecule has 0 aliphatic heterocycles. The molecule has 1 N–H and O–H groups in total. The SMILES string of the molecule is Cc1c(NC(=O)CCN(C)CCOc2ccccc2F)cccc1[N+](=O)[O-]. The second-order valence-electron chi connectivity index (χ2n) is 6.09. The number of amides is 1. The lowest BCUT2D eigenvalue weighted by Gasteiger charge is -2.17. The van der Waals surface area contributed by atoms with Gasteiger partial charge in [0.25, 0.3) is 5.69 Å². The second-order valence-corrected chi connectivity index (χ2v) is 6.09. The van der Waals surface area contributed by atoms with Gasteiger partial charge in [0.15, 0.2) is 11.6 Å². The van der Waals surface area contributed by atoms with Crippen molar-refractivity contribution in [2.75, 3.05) is 32.1 Å². The fourth-order valence-corrected chi connectivity index (χ4v) is 2.45. The first kappa shape index (κ1) is 20.3. The molecule has 27 heavy (non-hydrogen) atoms. The number of para-hydroxylation sites is 1. The average molecular weight is 375 g/mol. The van der Waals surface area contributed by atoms with Crippen LogP contribution in [0.25, 0.3) is 0 Å². The maximum atomic E-state index is 13.5. The summed E-state index contributed by atoms with van der Waals surface area (Å²) in [6.45, 7) is 2.89. The highest BCUT2D eigenvalue weighted by Gasteiger charge is 2.15. The van der Waals surface area contributed by atoms with Gasteiger partial charge in [-0.2, -0.15) is 0 Å². The summed E-state index contributed by atoms with van der Waals surface area (Å²) in [7, 11) is 1.83. The molecular formula is C19H22FN3O4. The molecule has 2 aromatic rings. The summed E-state index contributed by atoms with van der Waals surface area (Å²) in [5.41, 5.74) is 0.817. The predicted molar refractivity (Wildman–Crippen MR) is 100 cm³/mol. The van der Waals surface area contributed by atoms with E-state index < -0.39 is 10.7 Å². The molecule has 8 heteroatoms. The summed E-state index contributed by atoms with van der Waals surface area (Å²) in [5, 5.41) is 13.6. The van der Waals surface area contributed by atoms with Crippen LogP contribution in [-0.2, 0) is 4.79 Å². The zero-order valence-electron chi connectivity index (χ0n) is 15.3. The third-order valence-corrected chi connectivity index (χ3v) is 4.06. The van der Waals surface area contributed by atoms with Crippen LogP contribution in [0, 0.1) is 22.9 Å². The number of rotatable bonds is 9. The molecule has 2 rings (SSSR count). The number of nitro benzene ring substituents is 1. The lowest BCUT2D eigenvalue weighted by molar-refractivity contribution is -0.385. The lowest BCUT2D eigenvalue weighted by atomic mass is 10.1. The quantitative estimate of drug-likeness (QED) is 0.536. The zero-order chi connectivity index (χ0) is 19.8. The third-order valence-electron chi connectivity index (χ3n) is 4.06. The maximum Gasteiger partial charge on any atom is 0.274 e. The van der Waals surface area contributed by atoms with E-state index >= 15 is 0 Å². The Labute approximate surface area is 156 Å². The van der Waals surface area contributed by atoms with Crippen LogP contribution < -0.4 is 10.1 Å². The van der Waals surface area contributed by atoms with Crippen LogP contribution in [0.15, 0.2) is 42.5 Å². The van der Waals surface area contributed by atoms with Crippen molar-refractivity contribution in [2.24, 2.45) is 0 Å². The van der Waals surface area contributed by atoms with E-state index in [1.807, 2.05) is 11.9 Å². The number of ether oxygens (including phenoxy) is 1. The topological polar surface area (TPSA) is 84.7 Å². The number of carbonyl (C=O) groups is 1. The molecule has 0 spiro atoms. The molecular weight excluding hydrogens is 353 g/mol. The zero-order valence-corrected chi connectivity index (χ0v) is 15.3. The number of hydrogen-bond donors (Lipinski definition) is 1. The van der Waals surface area contributed by atoms with E-state index in [2.05, 4.69) is 5.32 Å². The Morgan fingerprint density at radius 3 is 2.67 bits per heavy atom. The monoisotopic (exact) mass is 375 g/mol. The van der Waals surface area contributed by atoms with Crippen LogP contribution in [-0.4, -0.2) is 42.5 Å². The average Bonchev–Trinajstić information content (AvgIpc) is 2.63. The van der Waals surface area contributed by atoms with Gasteiger partial charge >= 0.3 is 0 Å². The number of hydrogen-bond acceptors (Lipinski definition) is 5. The molecule has 0 aliphatic carbocycles. The molecule has 0 saturated heterocycles. The predicted octanol–water partition coefficient (Wildman–Crippen LogP) is 3.38. The van der Waals surface area contributed by atoms with E-state index in [4.69, 9.17) is 4.74 Å². The molecule has 0 aliphatic rings. The van der Waals surface area contributed by atoms with Crippen molar-refractivity contribution in [2.45, 2.75) is 13.3 Å². The Morgan fingerprint density at radius 2 is 1.96 bits per heavy atom. The highest BCUT2D eigenvalue weighted by Crippen LogP contribution is 2.25. The molecule has 0 heterocycles. The Bertz CT molecular complexity index is 813. The van der Waals surface area contributed by atoms with Crippen molar-refractivity contribution >= 4 is 17.3 Å². The van der Waals surface area contributed by atoms with Crippen LogP contribution in [0.1, 0.15) is 12.0 Å². The van der Waals surface area contributed by atoms with Gasteiger partial charge in [0.2, 0.25) is 5.91 Å². The van der Waals surface area contributed by atoms with E-state index in [0.717, 1.165) is 0 Å². The summed E-state index contributed by atoms with van der Waals surface area (Å²) in [6.07, 6.45) is 0.221. The van der Waals surface area contributed by atoms with Crippen LogP contribution in [0.4, 0.5) is 15.8 Å². The molecule has 0 aromatic heterocycles. The fraction of sp³-hybridized carbons (Fsp3) is 0.316. The van der Waals surface area contributed by atoms with Crippen LogP contribution in [0.3, 0.4) is 0 Å². The van der Waals surface area contributed by atoms with Gasteiger partial charge in [0.05, 0.1) is 16.2 Å². The first-order chi connectivity index (χ1) is 12.9. The number of nitro groups is 1. The number of benzene rings is 2. The molecule has 0 fully saturated rings. The molecule has 2 aromatic carbocycles. The normalized spacial score (nSPS) is 10.7. The van der Waals surface area contributed by atoms with Gasteiger partial charge in [-0.15, -0.1) is 0 Å². The van der Waals surface area contributed by atoms with Gasteiger partial charge in [-0.3, -0.25) is 14.9 Å². The van der Waals surface area contributed by atoms with Gasteiger partial charge in [0.1, 0.15) is 6.61 Å². The van der Waals surface area contributed by atoms with E-state index in [1.165, 1.54) is 18.2 Å². The standard InChI is InChI=1S/C19H22FN3O4/c1-14-16(7-5-8-17(14)23(25)26)21-19(24)10-11-22(2)12-13-27-18-9-4-3-6-15(18)20/h3-9H,10-13H2,1-2H3,(H,21,24). The summed E-state index contributed by atoms with van der Waals surface area (Å²) >= 11 is 0. The molecule has 0 bridgehead atoms. The van der Waals surface area contributed by atoms with E-state index in [1.54, 1.807) is 31.2 Å². The van der Waals surface area contributed by atoms with E-state index in [0.29, 0.717) is 30.9 Å². The number of likely N-dealkylation sites (N-methyl/N-ethyl adjacent to an activating group) is 1. The number of carbonyl (C=O) groups excluding carboxylic acids is 1. The second kappa shape index (κ2) is 9.63. The van der Waals surface area contributed by atoms with Crippen molar-refractivity contribution in [3.8, 4) is 5.75 Å². The molecule has 7 nitrogen and oxygen atoms in total. The first-order valence-corrected chi connectivity index (χ1v) is 8.48. The Balaban J connectivity index is 1.76. The van der Waals surface area contributed by atoms with Crippen molar-refractivity contribution in [1.29, 1.82) is 0 Å². The number of nitrogens with zero attached hydrogens (tertiary/aromatic N) is 2. The summed E-state index contributed by atoms with van der Waals surface area (Å²) in [4.78, 5) is 24.5. The molecule has 0 unspecified atom stereocenters. The fourth-order valence-electron chi connectivity index (χ4n) is 2.45. The Morgan fingerprint density at radius 1 is 1.22 bits per heavy atom. The van der Waals surface area contributed by atoms with Crippen molar-refractivity contribution < 1.29 is 18.8 Å². The van der Waals surface area contributed by atoms with Crippen LogP contribution in [0.2, 0.25) is 0 Å². The smallest absolute Gasteiger partial charge is 0.274 e. The minimum absolute atomic E-state index is 0.0322. The van der Waals surface area contributed by atoms with Crippen molar-refractivity contribution in [3.05, 3.63) is 64.0 Å². The van der Waals surface area contributed by atoms with Gasteiger partial charge < -0.3 is 15.0 Å². The maximum absolute atomic E-state index is 13.5. The summed E-state index contributed by atoms with van der Waals surface area (Å²) in [6, 6.07) is 10.7. The van der Waals surface area contributed by atoms with E-state index in [9.17, 15) is 19.3 Å². The number of nitrogens with one attached hydrogen (secondary N) is 1. The minimum Gasteiger partial charge on any atom is -0.489 e. The lowest BCUT2D eigenvalue weighted by Crippen LogP contribution is -2.28. The van der Waals surface area contributed by atoms with Gasteiger partial charge in [0, 0.05) is 25.6 Å². The van der Waals surface area contributed by atoms with E-state index in [-0.39, 0.29) is 23.8 Å². The molecule has 0 radical (unpaired) electrons. The summed E-state index contributed by atoms with van der Waals surface area (Å²) in [5.74, 6) is -0.447. The number of anilines is 1. The molecule has 144 valence electrons.